The normalized spacial score (nSPS) is 21.5. The van der Waals surface area contributed by atoms with E-state index in [1.54, 1.807) is 18.2 Å². The Hall–Kier alpha value is -2.87. The number of rotatable bonds is 1. The predicted octanol–water partition coefficient (Wildman–Crippen LogP) is 0.481. The highest BCUT2D eigenvalue weighted by Crippen LogP contribution is 2.44. The Morgan fingerprint density at radius 2 is 2.04 bits per heavy atom. The van der Waals surface area contributed by atoms with E-state index >= 15 is 0 Å². The number of hydrogen-bond acceptors (Lipinski definition) is 7. The molecule has 1 aromatic carbocycles. The van der Waals surface area contributed by atoms with Gasteiger partial charge in [-0.25, -0.2) is 14.4 Å². The summed E-state index contributed by atoms with van der Waals surface area (Å²) in [6, 6.07) is 4.66. The summed E-state index contributed by atoms with van der Waals surface area (Å²) in [5, 5.41) is 0.751. The van der Waals surface area contributed by atoms with Crippen LogP contribution in [-0.4, -0.2) is 36.0 Å². The molecule has 1 saturated heterocycles. The summed E-state index contributed by atoms with van der Waals surface area (Å²) in [7, 11) is 1.31. The Morgan fingerprint density at radius 3 is 2.71 bits per heavy atom. The number of carbonyl (C=O) groups excluding carboxylic acids is 3. The van der Waals surface area contributed by atoms with Crippen molar-refractivity contribution in [3.05, 3.63) is 35.0 Å². The number of methoxy groups -OCH3 is 1. The van der Waals surface area contributed by atoms with Gasteiger partial charge < -0.3 is 24.9 Å². The fourth-order valence-electron chi connectivity index (χ4n) is 3.40. The average Bonchev–Trinajstić information content (AvgIpc) is 3.05. The highest BCUT2D eigenvalue weighted by Gasteiger charge is 2.55. The summed E-state index contributed by atoms with van der Waals surface area (Å²) >= 11 is 0. The molecule has 1 unspecified atom stereocenters. The molecule has 0 radical (unpaired) electrons. The molecule has 8 nitrogen and oxygen atoms in total. The highest BCUT2D eigenvalue weighted by atomic mass is 16.8. The van der Waals surface area contributed by atoms with Crippen LogP contribution in [0.15, 0.2) is 18.2 Å². The number of ether oxygens (including phenoxy) is 3. The summed E-state index contributed by atoms with van der Waals surface area (Å²) in [6.45, 7) is 0. The molecule has 0 saturated carbocycles. The Bertz CT molecular complexity index is 883. The van der Waals surface area contributed by atoms with Crippen LogP contribution in [0, 0.1) is 0 Å². The zero-order valence-electron chi connectivity index (χ0n) is 12.8. The summed E-state index contributed by atoms with van der Waals surface area (Å²) in [4.78, 5) is 38.0. The fourth-order valence-corrected chi connectivity index (χ4v) is 3.40. The van der Waals surface area contributed by atoms with Crippen molar-refractivity contribution in [2.75, 3.05) is 7.11 Å². The van der Waals surface area contributed by atoms with Crippen LogP contribution < -0.4 is 5.73 Å². The van der Waals surface area contributed by atoms with Crippen LogP contribution in [0.1, 0.15) is 28.0 Å². The Kier molecular flexibility index (Phi) is 2.95. The van der Waals surface area contributed by atoms with Crippen LogP contribution in [0.3, 0.4) is 0 Å². The van der Waals surface area contributed by atoms with Gasteiger partial charge in [0.2, 0.25) is 0 Å². The van der Waals surface area contributed by atoms with E-state index in [9.17, 15) is 14.4 Å². The summed E-state index contributed by atoms with van der Waals surface area (Å²) in [5.74, 6) is -4.06. The van der Waals surface area contributed by atoms with Crippen molar-refractivity contribution < 1.29 is 28.6 Å². The van der Waals surface area contributed by atoms with Gasteiger partial charge in [0.25, 0.3) is 0 Å². The lowest BCUT2D eigenvalue weighted by molar-refractivity contribution is -0.192. The average molecular weight is 330 g/mol. The molecule has 2 aromatic rings. The zero-order valence-corrected chi connectivity index (χ0v) is 12.8. The molecule has 1 atom stereocenters. The van der Waals surface area contributed by atoms with Gasteiger partial charge in [-0.15, -0.1) is 0 Å². The van der Waals surface area contributed by atoms with Gasteiger partial charge in [-0.1, -0.05) is 0 Å². The molecule has 2 aliphatic rings. The number of benzene rings is 1. The maximum atomic E-state index is 11.8. The molecule has 2 heterocycles. The topological polar surface area (TPSA) is 121 Å². The number of hydrogen-bond donors (Lipinski definition) is 2. The fraction of sp³-hybridized carbons (Fsp3) is 0.312. The third kappa shape index (κ3) is 1.93. The smallest absolute Gasteiger partial charge is 0.421 e. The second-order valence-corrected chi connectivity index (χ2v) is 5.93. The van der Waals surface area contributed by atoms with Crippen molar-refractivity contribution in [1.82, 2.24) is 4.98 Å². The van der Waals surface area contributed by atoms with Gasteiger partial charge in [0.15, 0.2) is 0 Å². The van der Waals surface area contributed by atoms with Gasteiger partial charge in [0.05, 0.1) is 12.7 Å². The molecule has 1 spiro atoms. The monoisotopic (exact) mass is 330 g/mol. The minimum atomic E-state index is -1.52. The van der Waals surface area contributed by atoms with Crippen molar-refractivity contribution >= 4 is 28.8 Å². The number of aromatic nitrogens is 1. The van der Waals surface area contributed by atoms with E-state index in [0.29, 0.717) is 17.7 Å². The van der Waals surface area contributed by atoms with Crippen molar-refractivity contribution in [2.45, 2.75) is 24.7 Å². The first-order valence-electron chi connectivity index (χ1n) is 7.39. The number of esters is 3. The van der Waals surface area contributed by atoms with Gasteiger partial charge >= 0.3 is 23.7 Å². The number of nitrogens with one attached hydrogen (secondary N) is 1. The van der Waals surface area contributed by atoms with E-state index in [4.69, 9.17) is 19.9 Å². The summed E-state index contributed by atoms with van der Waals surface area (Å²) in [5.41, 5.74) is 8.44. The van der Waals surface area contributed by atoms with Crippen LogP contribution >= 0.6 is 0 Å². The molecule has 1 aliphatic carbocycles. The van der Waals surface area contributed by atoms with Crippen LogP contribution in [0.2, 0.25) is 0 Å². The van der Waals surface area contributed by atoms with Gasteiger partial charge in [0, 0.05) is 23.4 Å². The number of H-pyrrole nitrogens is 1. The largest absolute Gasteiger partial charge is 0.465 e. The van der Waals surface area contributed by atoms with Gasteiger partial charge in [-0.05, 0) is 30.2 Å². The maximum absolute atomic E-state index is 11.8. The summed E-state index contributed by atoms with van der Waals surface area (Å²) < 4.78 is 15.2. The lowest BCUT2D eigenvalue weighted by Crippen LogP contribution is -2.42. The molecule has 0 amide bonds. The van der Waals surface area contributed by atoms with Crippen LogP contribution in [0.4, 0.5) is 0 Å². The number of carbonyl (C=O) groups is 3. The minimum absolute atomic E-state index is 0.175. The van der Waals surface area contributed by atoms with Crippen LogP contribution in [0.25, 0.3) is 10.9 Å². The first-order chi connectivity index (χ1) is 11.4. The number of fused-ring (bicyclic) bond motifs is 4. The van der Waals surface area contributed by atoms with E-state index in [1.165, 1.54) is 7.11 Å². The van der Waals surface area contributed by atoms with Gasteiger partial charge in [-0.2, -0.15) is 0 Å². The molecule has 3 N–H and O–H groups in total. The van der Waals surface area contributed by atoms with Crippen molar-refractivity contribution in [2.24, 2.45) is 5.73 Å². The van der Waals surface area contributed by atoms with Crippen molar-refractivity contribution in [3.63, 3.8) is 0 Å². The molecule has 1 aromatic heterocycles. The van der Waals surface area contributed by atoms with Gasteiger partial charge in [-0.3, -0.25) is 0 Å². The van der Waals surface area contributed by atoms with Crippen molar-refractivity contribution in [1.29, 1.82) is 0 Å². The predicted molar refractivity (Wildman–Crippen MR) is 79.8 cm³/mol. The van der Waals surface area contributed by atoms with E-state index < -0.39 is 23.7 Å². The molecule has 1 fully saturated rings. The molecule has 8 heteroatoms. The molecular formula is C16H14N2O6. The lowest BCUT2D eigenvalue weighted by Gasteiger charge is -2.32. The molecule has 24 heavy (non-hydrogen) atoms. The molecule has 1 aliphatic heterocycles. The first kappa shape index (κ1) is 14.7. The Morgan fingerprint density at radius 1 is 1.33 bits per heavy atom. The third-order valence-corrected chi connectivity index (χ3v) is 4.39. The van der Waals surface area contributed by atoms with E-state index in [0.717, 1.165) is 16.5 Å². The standard InChI is InChI=1S/C16H14N2O6/c1-22-13(19)7-2-3-11-9(4-7)10-5-8(17)6-16(12(10)18-11)23-14(20)15(21)24-16/h2-4,8,18H,5-6,17H2,1H3. The second-order valence-electron chi connectivity index (χ2n) is 5.93. The summed E-state index contributed by atoms with van der Waals surface area (Å²) in [6.07, 6.45) is 0.672. The van der Waals surface area contributed by atoms with Crippen LogP contribution in [0.5, 0.6) is 0 Å². The minimum Gasteiger partial charge on any atom is -0.465 e. The number of nitrogens with two attached hydrogens (primary N) is 1. The van der Waals surface area contributed by atoms with Gasteiger partial charge in [0.1, 0.15) is 5.69 Å². The maximum Gasteiger partial charge on any atom is 0.421 e. The first-order valence-corrected chi connectivity index (χ1v) is 7.39. The molecule has 124 valence electrons. The Balaban J connectivity index is 1.92. The van der Waals surface area contributed by atoms with Crippen molar-refractivity contribution in [3.8, 4) is 0 Å². The van der Waals surface area contributed by atoms with E-state index in [-0.39, 0.29) is 12.5 Å². The quantitative estimate of drug-likeness (QED) is 0.576. The van der Waals surface area contributed by atoms with Crippen LogP contribution in [-0.2, 0) is 36.0 Å². The SMILES string of the molecule is COC(=O)c1ccc2[nH]c3c(c2c1)CC(N)CC31OC(=O)C(=O)O1. The zero-order chi connectivity index (χ0) is 17.1. The molecule has 0 bridgehead atoms. The highest BCUT2D eigenvalue weighted by molar-refractivity contribution is 6.31. The lowest BCUT2D eigenvalue weighted by atomic mass is 9.87. The molecule has 4 rings (SSSR count). The van der Waals surface area contributed by atoms with E-state index in [1.807, 2.05) is 0 Å². The third-order valence-electron chi connectivity index (χ3n) is 4.39. The van der Waals surface area contributed by atoms with E-state index in [2.05, 4.69) is 4.98 Å². The molecular weight excluding hydrogens is 316 g/mol. The Labute approximate surface area is 135 Å². The second kappa shape index (κ2) is 4.81. The number of aromatic amines is 1.